The van der Waals surface area contributed by atoms with Gasteiger partial charge in [-0.15, -0.1) is 0 Å². The van der Waals surface area contributed by atoms with Gasteiger partial charge in [-0.1, -0.05) is 51.3 Å². The lowest BCUT2D eigenvalue weighted by Crippen LogP contribution is -2.15. The van der Waals surface area contributed by atoms with Crippen molar-refractivity contribution < 1.29 is 86.6 Å². The minimum atomic E-state index is -4.09. The topological polar surface area (TPSA) is 131 Å². The summed E-state index contributed by atoms with van der Waals surface area (Å²) in [6.07, 6.45) is -24.1. The Morgan fingerprint density at radius 3 is 1.02 bits per heavy atom. The second kappa shape index (κ2) is 40.7. The van der Waals surface area contributed by atoms with Crippen molar-refractivity contribution in [3.05, 3.63) is 29.8 Å². The number of hydrogen-bond acceptors (Lipinski definition) is 13. The Morgan fingerprint density at radius 1 is 0.442 bits per heavy atom. The molecule has 0 atom stereocenters. The molecule has 13 nitrogen and oxygen atoms in total. The van der Waals surface area contributed by atoms with E-state index in [-0.39, 0.29) is 38.8 Å². The summed E-state index contributed by atoms with van der Waals surface area (Å²) in [7, 11) is 0. The first kappa shape index (κ1) is 26.4. The molecular formula is C39H72O13. The van der Waals surface area contributed by atoms with E-state index in [1.54, 1.807) is 0 Å². The molecule has 0 aliphatic carbocycles. The van der Waals surface area contributed by atoms with Crippen molar-refractivity contribution in [1.82, 2.24) is 0 Å². The summed E-state index contributed by atoms with van der Waals surface area (Å²) in [6, 6.07) is 4.29. The third kappa shape index (κ3) is 33.1. The van der Waals surface area contributed by atoms with E-state index in [1.165, 1.54) is 0 Å². The average molecular weight is 767 g/mol. The molecule has 1 aromatic rings. The van der Waals surface area contributed by atoms with Crippen molar-refractivity contribution in [3.63, 3.8) is 0 Å². The number of ether oxygens (including phenoxy) is 12. The largest absolute Gasteiger partial charge is 0.491 e. The second-order valence-corrected chi connectivity index (χ2v) is 10.1. The molecule has 0 saturated carbocycles. The van der Waals surface area contributed by atoms with Crippen molar-refractivity contribution in [1.29, 1.82) is 0 Å². The van der Waals surface area contributed by atoms with Gasteiger partial charge in [-0.05, 0) is 36.4 Å². The standard InChI is InChI=1S/C39H72O13/c1-3-5-7-37(8-6-4-2)38-9-11-39(12-10-38)52-36-35-51-34-33-50-32-31-49-30-29-48-28-27-47-26-25-46-24-23-45-22-21-44-20-19-43-18-17-42-16-15-41-14-13-40/h9-12,37,40H,3-8,13-36H2,1-2H3/i1D3,2D3,3D2,4D2,5D2,6D2,7D2,8D2. The zero-order chi connectivity index (χ0) is 53.0. The van der Waals surface area contributed by atoms with Crippen molar-refractivity contribution in [2.24, 2.45) is 0 Å². The third-order valence-corrected chi connectivity index (χ3v) is 6.22. The van der Waals surface area contributed by atoms with E-state index in [0.717, 1.165) is 24.3 Å². The summed E-state index contributed by atoms with van der Waals surface area (Å²) in [6.45, 7) is 0.657. The normalized spacial score (nSPS) is 18.9. The molecular weight excluding hydrogens is 676 g/mol. The van der Waals surface area contributed by atoms with Crippen LogP contribution in [0.3, 0.4) is 0 Å². The van der Waals surface area contributed by atoms with Crippen molar-refractivity contribution in [2.45, 2.75) is 57.9 Å². The van der Waals surface area contributed by atoms with Crippen LogP contribution in [0.4, 0.5) is 0 Å². The lowest BCUT2D eigenvalue weighted by molar-refractivity contribution is -0.0280. The predicted molar refractivity (Wildman–Crippen MR) is 200 cm³/mol. The van der Waals surface area contributed by atoms with Gasteiger partial charge in [0.15, 0.2) is 0 Å². The van der Waals surface area contributed by atoms with E-state index in [0.29, 0.717) is 126 Å². The Labute approximate surface area is 339 Å². The molecule has 0 spiro atoms. The molecule has 306 valence electrons. The van der Waals surface area contributed by atoms with Gasteiger partial charge in [-0.2, -0.15) is 0 Å². The number of benzene rings is 1. The molecule has 1 N–H and O–H groups in total. The maximum atomic E-state index is 8.69. The molecule has 0 radical (unpaired) electrons. The maximum absolute atomic E-state index is 8.69. The number of hydrogen-bond donors (Lipinski definition) is 1. The highest BCUT2D eigenvalue weighted by atomic mass is 16.6. The van der Waals surface area contributed by atoms with Crippen LogP contribution in [0.5, 0.6) is 5.75 Å². The SMILES string of the molecule is [2H]C([2H])([2H])C([2H])([2H])C([2H])([2H])C([2H])([2H])C(c1ccc(OCCOCCOCCOCCOCCOCCOCCOCCOCCOCCOCCOCCO)cc1)C([2H])([2H])C([2H])([2H])C([2H])([2H])C([2H])([2H])[2H]. The molecule has 1 rings (SSSR count). The van der Waals surface area contributed by atoms with Gasteiger partial charge in [-0.3, -0.25) is 0 Å². The lowest BCUT2D eigenvalue weighted by atomic mass is 9.89. The lowest BCUT2D eigenvalue weighted by Gasteiger charge is -2.17. The van der Waals surface area contributed by atoms with Crippen molar-refractivity contribution in [2.75, 3.05) is 159 Å². The minimum Gasteiger partial charge on any atom is -0.491 e. The highest BCUT2D eigenvalue weighted by Crippen LogP contribution is 2.29. The van der Waals surface area contributed by atoms with Crippen LogP contribution in [0.1, 0.15) is 88.1 Å². The van der Waals surface area contributed by atoms with Gasteiger partial charge < -0.3 is 61.9 Å². The Bertz CT molecular complexity index is 1440. The van der Waals surface area contributed by atoms with Crippen LogP contribution in [0.15, 0.2) is 24.3 Å². The molecule has 0 amide bonds. The van der Waals surface area contributed by atoms with Crippen molar-refractivity contribution in [3.8, 4) is 5.75 Å². The monoisotopic (exact) mass is 767 g/mol. The molecule has 0 aliphatic heterocycles. The van der Waals surface area contributed by atoms with Crippen LogP contribution in [0.2, 0.25) is 0 Å². The zero-order valence-electron chi connectivity index (χ0n) is 48.2. The van der Waals surface area contributed by atoms with E-state index < -0.39 is 63.4 Å². The van der Waals surface area contributed by atoms with Gasteiger partial charge in [-0.25, -0.2) is 0 Å². The molecule has 13 heteroatoms. The fourth-order valence-electron chi connectivity index (χ4n) is 3.76. The highest BCUT2D eigenvalue weighted by molar-refractivity contribution is 5.29. The number of aliphatic hydroxyl groups excluding tert-OH is 1. The highest BCUT2D eigenvalue weighted by Gasteiger charge is 2.11. The van der Waals surface area contributed by atoms with Gasteiger partial charge >= 0.3 is 0 Å². The second-order valence-electron chi connectivity index (χ2n) is 10.1. The van der Waals surface area contributed by atoms with Gasteiger partial charge in [0, 0.05) is 24.7 Å². The Balaban J connectivity index is 2.26. The quantitative estimate of drug-likeness (QED) is 0.0923. The molecule has 0 aromatic heterocycles. The number of rotatable bonds is 43. The molecule has 0 bridgehead atoms. The molecule has 0 aliphatic rings. The first-order valence-electron chi connectivity index (χ1n) is 26.3. The summed E-state index contributed by atoms with van der Waals surface area (Å²) in [5.41, 5.74) is -0.569. The summed E-state index contributed by atoms with van der Waals surface area (Å²) in [5, 5.41) is 8.60. The van der Waals surface area contributed by atoms with Crippen LogP contribution in [-0.4, -0.2) is 164 Å². The van der Waals surface area contributed by atoms with Crippen LogP contribution in [0.25, 0.3) is 0 Å². The fraction of sp³-hybridized carbons (Fsp3) is 0.846. The average Bonchev–Trinajstić information content (AvgIpc) is 3.27. The maximum Gasteiger partial charge on any atom is 0.119 e. The third-order valence-electron chi connectivity index (χ3n) is 6.22. The van der Waals surface area contributed by atoms with Crippen LogP contribution in [0, 0.1) is 0 Å². The Hall–Kier alpha value is -1.46. The van der Waals surface area contributed by atoms with E-state index in [9.17, 15) is 0 Å². The Morgan fingerprint density at radius 2 is 0.731 bits per heavy atom. The molecule has 1 aromatic carbocycles. The van der Waals surface area contributed by atoms with E-state index >= 15 is 0 Å². The fourth-order valence-corrected chi connectivity index (χ4v) is 3.76. The van der Waals surface area contributed by atoms with Crippen molar-refractivity contribution >= 4 is 0 Å². The van der Waals surface area contributed by atoms with Crippen LogP contribution < -0.4 is 4.74 Å². The van der Waals surface area contributed by atoms with Gasteiger partial charge in [0.05, 0.1) is 152 Å². The summed E-state index contributed by atoms with van der Waals surface area (Å²) in [5.74, 6) is -2.72. The molecule has 0 heterocycles. The van der Waals surface area contributed by atoms with Crippen LogP contribution >= 0.6 is 0 Å². The van der Waals surface area contributed by atoms with Gasteiger partial charge in [0.25, 0.3) is 0 Å². The predicted octanol–water partition coefficient (Wildman–Crippen LogP) is 4.70. The van der Waals surface area contributed by atoms with E-state index in [2.05, 4.69) is 0 Å². The smallest absolute Gasteiger partial charge is 0.119 e. The summed E-state index contributed by atoms with van der Waals surface area (Å²) < 4.78 is 210. The minimum absolute atomic E-state index is 0.00483. The van der Waals surface area contributed by atoms with E-state index in [4.69, 9.17) is 86.6 Å². The first-order chi connectivity index (χ1) is 32.7. The zero-order valence-corrected chi connectivity index (χ0v) is 30.2. The summed E-state index contributed by atoms with van der Waals surface area (Å²) in [4.78, 5) is 0. The van der Waals surface area contributed by atoms with Gasteiger partial charge in [0.1, 0.15) is 12.4 Å². The number of aliphatic hydroxyl groups is 1. The Kier molecular flexibility index (Phi) is 20.7. The van der Waals surface area contributed by atoms with E-state index in [1.807, 2.05) is 0 Å². The molecule has 0 fully saturated rings. The first-order valence-corrected chi connectivity index (χ1v) is 17.3. The molecule has 52 heavy (non-hydrogen) atoms. The molecule has 0 saturated heterocycles. The van der Waals surface area contributed by atoms with Crippen LogP contribution in [-0.2, 0) is 52.1 Å². The summed E-state index contributed by atoms with van der Waals surface area (Å²) >= 11 is 0. The van der Waals surface area contributed by atoms with Gasteiger partial charge in [0.2, 0.25) is 0 Å². The molecule has 0 unspecified atom stereocenters.